The highest BCUT2D eigenvalue weighted by molar-refractivity contribution is 9.10. The van der Waals surface area contributed by atoms with Crippen LogP contribution in [0.25, 0.3) is 10.8 Å². The van der Waals surface area contributed by atoms with E-state index < -0.39 is 0 Å². The Hall–Kier alpha value is -1.23. The van der Waals surface area contributed by atoms with Crippen molar-refractivity contribution in [3.8, 4) is 0 Å². The van der Waals surface area contributed by atoms with Gasteiger partial charge < -0.3 is 5.73 Å². The number of aryl methyl sites for hydroxylation is 1. The maximum atomic E-state index is 6.31. The van der Waals surface area contributed by atoms with E-state index >= 15 is 0 Å². The molecule has 102 valence electrons. The fourth-order valence-electron chi connectivity index (χ4n) is 2.27. The monoisotopic (exact) mass is 346 g/mol. The molecule has 0 aliphatic rings. The van der Waals surface area contributed by atoms with Gasteiger partial charge in [-0.25, -0.2) is 4.98 Å². The summed E-state index contributed by atoms with van der Waals surface area (Å²) in [6.45, 7) is 2.01. The highest BCUT2D eigenvalue weighted by Gasteiger charge is 2.10. The molecule has 0 spiro atoms. The molecule has 2 nitrogen and oxygen atoms in total. The summed E-state index contributed by atoms with van der Waals surface area (Å²) < 4.78 is 1.10. The smallest absolute Gasteiger partial charge is 0.0947 e. The van der Waals surface area contributed by atoms with E-state index in [0.29, 0.717) is 0 Å². The molecule has 0 aliphatic heterocycles. The number of benzene rings is 2. The molecule has 0 saturated heterocycles. The SMILES string of the molecule is Cc1csc(CC(N)c2ccc3cc(Br)ccc3c2)n1. The number of fused-ring (bicyclic) bond motifs is 1. The van der Waals surface area contributed by atoms with Gasteiger partial charge in [0, 0.05) is 28.0 Å². The summed E-state index contributed by atoms with van der Waals surface area (Å²) in [6.07, 6.45) is 0.792. The quantitative estimate of drug-likeness (QED) is 0.751. The highest BCUT2D eigenvalue weighted by atomic mass is 79.9. The average Bonchev–Trinajstić information content (AvgIpc) is 2.83. The van der Waals surface area contributed by atoms with Gasteiger partial charge in [0.05, 0.1) is 5.01 Å². The summed E-state index contributed by atoms with van der Waals surface area (Å²) in [5.41, 5.74) is 8.54. The van der Waals surface area contributed by atoms with Crippen LogP contribution in [0.2, 0.25) is 0 Å². The van der Waals surface area contributed by atoms with Gasteiger partial charge in [-0.2, -0.15) is 0 Å². The van der Waals surface area contributed by atoms with E-state index in [1.807, 2.05) is 6.92 Å². The number of halogens is 1. The summed E-state index contributed by atoms with van der Waals surface area (Å²) in [5.74, 6) is 0. The molecule has 1 heterocycles. The minimum absolute atomic E-state index is 0.00593. The first-order chi connectivity index (χ1) is 9.61. The molecule has 1 unspecified atom stereocenters. The fourth-order valence-corrected chi connectivity index (χ4v) is 3.48. The Morgan fingerprint density at radius 2 is 1.95 bits per heavy atom. The van der Waals surface area contributed by atoms with Gasteiger partial charge in [-0.3, -0.25) is 0 Å². The summed E-state index contributed by atoms with van der Waals surface area (Å²) in [7, 11) is 0. The molecule has 0 radical (unpaired) electrons. The van der Waals surface area contributed by atoms with Crippen LogP contribution in [0, 0.1) is 6.92 Å². The molecular weight excluding hydrogens is 332 g/mol. The average molecular weight is 347 g/mol. The molecule has 3 aromatic rings. The minimum Gasteiger partial charge on any atom is -0.324 e. The second kappa shape index (κ2) is 5.64. The van der Waals surface area contributed by atoms with Gasteiger partial charge in [-0.1, -0.05) is 34.1 Å². The zero-order valence-corrected chi connectivity index (χ0v) is 13.5. The Morgan fingerprint density at radius 3 is 2.70 bits per heavy atom. The van der Waals surface area contributed by atoms with Gasteiger partial charge in [-0.15, -0.1) is 11.3 Å². The van der Waals surface area contributed by atoms with Crippen molar-refractivity contribution in [1.82, 2.24) is 4.98 Å². The first-order valence-electron chi connectivity index (χ1n) is 6.47. The zero-order chi connectivity index (χ0) is 14.1. The van der Waals surface area contributed by atoms with Gasteiger partial charge in [0.1, 0.15) is 0 Å². The van der Waals surface area contributed by atoms with Crippen LogP contribution in [-0.4, -0.2) is 4.98 Å². The Balaban J connectivity index is 1.87. The van der Waals surface area contributed by atoms with Crippen LogP contribution in [0.5, 0.6) is 0 Å². The first-order valence-corrected chi connectivity index (χ1v) is 8.15. The molecule has 0 fully saturated rings. The third-order valence-corrected chi connectivity index (χ3v) is 4.80. The number of rotatable bonds is 3. The van der Waals surface area contributed by atoms with Gasteiger partial charge in [0.25, 0.3) is 0 Å². The lowest BCUT2D eigenvalue weighted by atomic mass is 10.0. The van der Waals surface area contributed by atoms with Crippen LogP contribution in [0.1, 0.15) is 22.3 Å². The maximum absolute atomic E-state index is 6.31. The molecule has 3 rings (SSSR count). The van der Waals surface area contributed by atoms with Crippen molar-refractivity contribution in [3.63, 3.8) is 0 Å². The van der Waals surface area contributed by atoms with E-state index in [-0.39, 0.29) is 6.04 Å². The Kier molecular flexibility index (Phi) is 3.87. The third-order valence-electron chi connectivity index (χ3n) is 3.32. The maximum Gasteiger partial charge on any atom is 0.0947 e. The van der Waals surface area contributed by atoms with Crippen LogP contribution < -0.4 is 5.73 Å². The summed E-state index contributed by atoms with van der Waals surface area (Å²) in [5, 5.41) is 5.61. The minimum atomic E-state index is -0.00593. The second-order valence-corrected chi connectivity index (χ2v) is 6.80. The highest BCUT2D eigenvalue weighted by Crippen LogP contribution is 2.25. The van der Waals surface area contributed by atoms with Crippen LogP contribution in [0.3, 0.4) is 0 Å². The van der Waals surface area contributed by atoms with Crippen molar-refractivity contribution in [1.29, 1.82) is 0 Å². The van der Waals surface area contributed by atoms with Crippen LogP contribution in [0.15, 0.2) is 46.3 Å². The molecular formula is C16H15BrN2S. The molecule has 2 aromatic carbocycles. The number of thiazole rings is 1. The fraction of sp³-hybridized carbons (Fsp3) is 0.188. The largest absolute Gasteiger partial charge is 0.324 e. The van der Waals surface area contributed by atoms with E-state index in [2.05, 4.69) is 62.7 Å². The predicted molar refractivity (Wildman–Crippen MR) is 89.1 cm³/mol. The van der Waals surface area contributed by atoms with Gasteiger partial charge in [0.2, 0.25) is 0 Å². The molecule has 0 aliphatic carbocycles. The Bertz CT molecular complexity index is 751. The van der Waals surface area contributed by atoms with Crippen molar-refractivity contribution < 1.29 is 0 Å². The predicted octanol–water partition coefficient (Wildman–Crippen LogP) is 4.61. The third kappa shape index (κ3) is 2.92. The Morgan fingerprint density at radius 1 is 1.20 bits per heavy atom. The van der Waals surface area contributed by atoms with Gasteiger partial charge >= 0.3 is 0 Å². The van der Waals surface area contributed by atoms with Crippen molar-refractivity contribution in [3.05, 3.63) is 62.5 Å². The molecule has 0 bridgehead atoms. The topological polar surface area (TPSA) is 38.9 Å². The number of hydrogen-bond donors (Lipinski definition) is 1. The molecule has 20 heavy (non-hydrogen) atoms. The van der Waals surface area contributed by atoms with E-state index in [1.54, 1.807) is 11.3 Å². The molecule has 0 amide bonds. The molecule has 4 heteroatoms. The summed E-state index contributed by atoms with van der Waals surface area (Å²) in [6, 6.07) is 12.7. The standard InChI is InChI=1S/C16H15BrN2S/c1-10-9-20-16(19-10)8-15(18)13-3-2-12-7-14(17)5-4-11(12)6-13/h2-7,9,15H,8,18H2,1H3. The summed E-state index contributed by atoms with van der Waals surface area (Å²) in [4.78, 5) is 4.48. The normalized spacial score (nSPS) is 12.8. The van der Waals surface area contributed by atoms with Crippen molar-refractivity contribution in [2.75, 3.05) is 0 Å². The summed E-state index contributed by atoms with van der Waals surface area (Å²) >= 11 is 5.18. The van der Waals surface area contributed by atoms with Crippen molar-refractivity contribution in [2.45, 2.75) is 19.4 Å². The molecule has 1 aromatic heterocycles. The van der Waals surface area contributed by atoms with Gasteiger partial charge in [-0.05, 0) is 41.5 Å². The van der Waals surface area contributed by atoms with Crippen molar-refractivity contribution in [2.24, 2.45) is 5.73 Å². The molecule has 1 atom stereocenters. The van der Waals surface area contributed by atoms with E-state index in [1.165, 1.54) is 10.8 Å². The van der Waals surface area contributed by atoms with E-state index in [4.69, 9.17) is 5.73 Å². The van der Waals surface area contributed by atoms with Crippen LogP contribution in [-0.2, 0) is 6.42 Å². The zero-order valence-electron chi connectivity index (χ0n) is 11.1. The first kappa shape index (κ1) is 13.7. The van der Waals surface area contributed by atoms with E-state index in [9.17, 15) is 0 Å². The number of aromatic nitrogens is 1. The number of hydrogen-bond acceptors (Lipinski definition) is 3. The molecule has 2 N–H and O–H groups in total. The van der Waals surface area contributed by atoms with Crippen molar-refractivity contribution >= 4 is 38.0 Å². The number of nitrogens with zero attached hydrogens (tertiary/aromatic N) is 1. The number of nitrogens with two attached hydrogens (primary N) is 1. The second-order valence-electron chi connectivity index (χ2n) is 4.94. The lowest BCUT2D eigenvalue weighted by Crippen LogP contribution is -2.13. The van der Waals surface area contributed by atoms with E-state index in [0.717, 1.165) is 27.2 Å². The molecule has 0 saturated carbocycles. The van der Waals surface area contributed by atoms with Crippen LogP contribution >= 0.6 is 27.3 Å². The lowest BCUT2D eigenvalue weighted by Gasteiger charge is -2.11. The van der Waals surface area contributed by atoms with Crippen LogP contribution in [0.4, 0.5) is 0 Å². The Labute approximate surface area is 130 Å². The van der Waals surface area contributed by atoms with Gasteiger partial charge in [0.15, 0.2) is 0 Å². The lowest BCUT2D eigenvalue weighted by molar-refractivity contribution is 0.718.